The van der Waals surface area contributed by atoms with Gasteiger partial charge in [0, 0.05) is 32.2 Å². The van der Waals surface area contributed by atoms with Gasteiger partial charge < -0.3 is 9.22 Å². The van der Waals surface area contributed by atoms with E-state index in [1.807, 2.05) is 12.1 Å². The number of aldehydes is 1. The molecule has 2 rings (SSSR count). The lowest BCUT2D eigenvalue weighted by atomic mass is 10.1. The van der Waals surface area contributed by atoms with Gasteiger partial charge in [0.25, 0.3) is 0 Å². The highest BCUT2D eigenvalue weighted by Crippen LogP contribution is 2.36. The zero-order chi connectivity index (χ0) is 20.6. The largest absolute Gasteiger partial charge is 0.416 e. The van der Waals surface area contributed by atoms with Crippen LogP contribution in [0.15, 0.2) is 60.7 Å². The van der Waals surface area contributed by atoms with Crippen molar-refractivity contribution in [3.63, 3.8) is 0 Å². The molecule has 0 aromatic heterocycles. The van der Waals surface area contributed by atoms with E-state index in [2.05, 4.69) is 87.3 Å². The molecule has 0 bridgehead atoms. The topological polar surface area (TPSA) is 29.5 Å². The van der Waals surface area contributed by atoms with Crippen molar-refractivity contribution >= 4 is 14.6 Å². The molecule has 0 spiro atoms. The van der Waals surface area contributed by atoms with Crippen LogP contribution in [0.4, 0.5) is 0 Å². The van der Waals surface area contributed by atoms with Gasteiger partial charge in [0.05, 0.1) is 0 Å². The minimum Gasteiger partial charge on any atom is -0.416 e. The summed E-state index contributed by atoms with van der Waals surface area (Å²) in [5.74, 6) is -0.124. The zero-order valence-electron chi connectivity index (χ0n) is 18.0. The van der Waals surface area contributed by atoms with Crippen LogP contribution in [-0.2, 0) is 22.3 Å². The number of nitrogens with zero attached hydrogens (tertiary/aromatic N) is 1. The van der Waals surface area contributed by atoms with Gasteiger partial charge in [0.2, 0.25) is 0 Å². The Bertz CT molecular complexity index is 669. The van der Waals surface area contributed by atoms with Crippen molar-refractivity contribution in [1.29, 1.82) is 0 Å². The van der Waals surface area contributed by atoms with Crippen LogP contribution in [0.3, 0.4) is 0 Å². The van der Waals surface area contributed by atoms with Crippen LogP contribution in [0.25, 0.3) is 0 Å². The second-order valence-electron chi connectivity index (χ2n) is 9.11. The predicted molar refractivity (Wildman–Crippen MR) is 120 cm³/mol. The SMILES string of the molecule is CC(C)(C)[Si](C)(C)OC[C@@H](C=O)CN(Cc1ccccc1)Cc1ccccc1. The second kappa shape index (κ2) is 10.1. The van der Waals surface area contributed by atoms with E-state index in [4.69, 9.17) is 4.43 Å². The van der Waals surface area contributed by atoms with E-state index >= 15 is 0 Å². The van der Waals surface area contributed by atoms with E-state index in [0.29, 0.717) is 13.2 Å². The summed E-state index contributed by atoms with van der Waals surface area (Å²) in [4.78, 5) is 14.2. The summed E-state index contributed by atoms with van der Waals surface area (Å²) in [5.41, 5.74) is 2.52. The molecule has 2 aromatic rings. The molecule has 28 heavy (non-hydrogen) atoms. The van der Waals surface area contributed by atoms with Crippen molar-refractivity contribution in [1.82, 2.24) is 4.90 Å². The average molecular weight is 398 g/mol. The van der Waals surface area contributed by atoms with Gasteiger partial charge in [-0.15, -0.1) is 0 Å². The standard InChI is InChI=1S/C24H35NO2Si/c1-24(2,3)28(4,5)27-20-23(19-26)18-25(16-21-12-8-6-9-13-21)17-22-14-10-7-11-15-22/h6-15,19,23H,16-18,20H2,1-5H3/t23-/m1/s1. The Morgan fingerprint density at radius 3 is 1.79 bits per heavy atom. The number of carbonyl (C=O) groups is 1. The first kappa shape index (κ1) is 22.5. The first-order chi connectivity index (χ1) is 13.2. The summed E-state index contributed by atoms with van der Waals surface area (Å²) < 4.78 is 6.33. The van der Waals surface area contributed by atoms with Crippen LogP contribution in [0.2, 0.25) is 18.1 Å². The van der Waals surface area contributed by atoms with Crippen LogP contribution in [0.5, 0.6) is 0 Å². The first-order valence-corrected chi connectivity index (χ1v) is 13.0. The Kier molecular flexibility index (Phi) is 8.17. The minimum absolute atomic E-state index is 0.124. The maximum atomic E-state index is 11.8. The maximum Gasteiger partial charge on any atom is 0.192 e. The van der Waals surface area contributed by atoms with Gasteiger partial charge in [-0.2, -0.15) is 0 Å². The van der Waals surface area contributed by atoms with Crippen molar-refractivity contribution in [3.05, 3.63) is 71.8 Å². The number of carbonyl (C=O) groups excluding carboxylic acids is 1. The van der Waals surface area contributed by atoms with E-state index in [9.17, 15) is 4.79 Å². The summed E-state index contributed by atoms with van der Waals surface area (Å²) in [7, 11) is -1.86. The molecule has 0 unspecified atom stereocenters. The van der Waals surface area contributed by atoms with Crippen molar-refractivity contribution in [2.24, 2.45) is 5.92 Å². The third-order valence-electron chi connectivity index (χ3n) is 5.65. The van der Waals surface area contributed by atoms with Crippen molar-refractivity contribution < 1.29 is 9.22 Å². The van der Waals surface area contributed by atoms with Crippen LogP contribution < -0.4 is 0 Å². The summed E-state index contributed by atoms with van der Waals surface area (Å²) in [6.07, 6.45) is 1.07. The van der Waals surface area contributed by atoms with Gasteiger partial charge in [-0.05, 0) is 29.3 Å². The van der Waals surface area contributed by atoms with Crippen molar-refractivity contribution in [2.45, 2.75) is 52.0 Å². The molecule has 152 valence electrons. The van der Waals surface area contributed by atoms with E-state index < -0.39 is 8.32 Å². The zero-order valence-corrected chi connectivity index (χ0v) is 19.0. The van der Waals surface area contributed by atoms with Gasteiger partial charge in [0.1, 0.15) is 6.29 Å². The number of hydrogen-bond donors (Lipinski definition) is 0. The number of rotatable bonds is 10. The second-order valence-corrected chi connectivity index (χ2v) is 13.9. The molecule has 0 saturated heterocycles. The summed E-state index contributed by atoms with van der Waals surface area (Å²) in [6, 6.07) is 20.9. The molecule has 0 heterocycles. The lowest BCUT2D eigenvalue weighted by Crippen LogP contribution is -2.43. The van der Waals surface area contributed by atoms with Gasteiger partial charge in [-0.3, -0.25) is 4.90 Å². The molecule has 0 N–H and O–H groups in total. The fourth-order valence-corrected chi connectivity index (χ4v) is 3.93. The molecule has 1 atom stereocenters. The van der Waals surface area contributed by atoms with Crippen molar-refractivity contribution in [2.75, 3.05) is 13.2 Å². The summed E-state index contributed by atoms with van der Waals surface area (Å²) in [6.45, 7) is 14.0. The summed E-state index contributed by atoms with van der Waals surface area (Å²) in [5, 5.41) is 0.147. The van der Waals surface area contributed by atoms with Gasteiger partial charge in [-0.1, -0.05) is 81.4 Å². The minimum atomic E-state index is -1.86. The smallest absolute Gasteiger partial charge is 0.192 e. The summed E-state index contributed by atoms with van der Waals surface area (Å²) >= 11 is 0. The molecule has 4 heteroatoms. The molecule has 0 saturated carbocycles. The molecule has 0 aliphatic carbocycles. The molecule has 0 aliphatic heterocycles. The normalized spacial score (nSPS) is 13.5. The van der Waals surface area contributed by atoms with E-state index in [0.717, 1.165) is 19.4 Å². The molecule has 2 aromatic carbocycles. The fourth-order valence-electron chi connectivity index (χ4n) is 2.87. The third kappa shape index (κ3) is 7.01. The van der Waals surface area contributed by atoms with Crippen LogP contribution in [0, 0.1) is 5.92 Å². The Morgan fingerprint density at radius 2 is 1.39 bits per heavy atom. The fraction of sp³-hybridized carbons (Fsp3) is 0.458. The lowest BCUT2D eigenvalue weighted by molar-refractivity contribution is -0.112. The number of benzene rings is 2. The average Bonchev–Trinajstić information content (AvgIpc) is 2.65. The lowest BCUT2D eigenvalue weighted by Gasteiger charge is -2.37. The highest BCUT2D eigenvalue weighted by Gasteiger charge is 2.37. The Hall–Kier alpha value is -1.75. The van der Waals surface area contributed by atoms with E-state index in [1.165, 1.54) is 11.1 Å². The molecule has 0 amide bonds. The molecular weight excluding hydrogens is 362 g/mol. The monoisotopic (exact) mass is 397 g/mol. The van der Waals surface area contributed by atoms with Crippen LogP contribution >= 0.6 is 0 Å². The Labute approximate surface area is 171 Å². The Balaban J connectivity index is 2.07. The third-order valence-corrected chi connectivity index (χ3v) is 10.1. The van der Waals surface area contributed by atoms with Gasteiger partial charge >= 0.3 is 0 Å². The molecule has 0 fully saturated rings. The maximum absolute atomic E-state index is 11.8. The first-order valence-electron chi connectivity index (χ1n) is 10.1. The van der Waals surface area contributed by atoms with Crippen molar-refractivity contribution in [3.8, 4) is 0 Å². The quantitative estimate of drug-likeness (QED) is 0.390. The Morgan fingerprint density at radius 1 is 0.929 bits per heavy atom. The highest BCUT2D eigenvalue weighted by molar-refractivity contribution is 6.74. The van der Waals surface area contributed by atoms with Crippen LogP contribution in [-0.4, -0.2) is 32.7 Å². The molecular formula is C24H35NO2Si. The van der Waals surface area contributed by atoms with Crippen LogP contribution in [0.1, 0.15) is 31.9 Å². The van der Waals surface area contributed by atoms with E-state index in [-0.39, 0.29) is 11.0 Å². The highest BCUT2D eigenvalue weighted by atomic mass is 28.4. The molecule has 0 radical (unpaired) electrons. The molecule has 0 aliphatic rings. The van der Waals surface area contributed by atoms with Gasteiger partial charge in [-0.25, -0.2) is 0 Å². The molecule has 3 nitrogen and oxygen atoms in total. The number of hydrogen-bond acceptors (Lipinski definition) is 3. The van der Waals surface area contributed by atoms with E-state index in [1.54, 1.807) is 0 Å². The predicted octanol–water partition coefficient (Wildman–Crippen LogP) is 5.53. The van der Waals surface area contributed by atoms with Gasteiger partial charge in [0.15, 0.2) is 8.32 Å².